The Morgan fingerprint density at radius 3 is 1.59 bits per heavy atom. The lowest BCUT2D eigenvalue weighted by atomic mass is 10.0. The van der Waals surface area contributed by atoms with E-state index in [9.17, 15) is 18.1 Å². The number of hydrogen-bond acceptors (Lipinski definition) is 3. The summed E-state index contributed by atoms with van der Waals surface area (Å²) in [6.07, 6.45) is 11.6. The average molecular weight is 337 g/mol. The van der Waals surface area contributed by atoms with Crippen molar-refractivity contribution in [1.82, 2.24) is 0 Å². The number of aliphatic hydroxyl groups excluding tert-OH is 1. The van der Waals surface area contributed by atoms with Crippen molar-refractivity contribution in [2.75, 3.05) is 0 Å². The summed E-state index contributed by atoms with van der Waals surface area (Å²) in [5.41, 5.74) is 0. The lowest BCUT2D eigenvalue weighted by Gasteiger charge is -2.14. The zero-order valence-electron chi connectivity index (χ0n) is 14.5. The second-order valence-corrected chi connectivity index (χ2v) is 8.12. The SMILES string of the molecule is CCCCCC(O)CCCCCC(CCCCC)S(=O)(=O)O. The fourth-order valence-corrected chi connectivity index (χ4v) is 3.70. The average Bonchev–Trinajstić information content (AvgIpc) is 2.44. The quantitative estimate of drug-likeness (QED) is 0.335. The molecule has 0 aromatic heterocycles. The Labute approximate surface area is 137 Å². The third kappa shape index (κ3) is 12.4. The maximum Gasteiger partial charge on any atom is 0.267 e. The van der Waals surface area contributed by atoms with Crippen molar-refractivity contribution in [3.8, 4) is 0 Å². The Morgan fingerprint density at radius 1 is 0.727 bits per heavy atom. The molecule has 0 radical (unpaired) electrons. The van der Waals surface area contributed by atoms with Gasteiger partial charge in [0.15, 0.2) is 0 Å². The third-order valence-corrected chi connectivity index (χ3v) is 5.57. The Balaban J connectivity index is 3.79. The van der Waals surface area contributed by atoms with Crippen LogP contribution in [0.1, 0.15) is 97.3 Å². The molecule has 0 aliphatic carbocycles. The fourth-order valence-electron chi connectivity index (χ4n) is 2.77. The van der Waals surface area contributed by atoms with Crippen LogP contribution in [0.3, 0.4) is 0 Å². The van der Waals surface area contributed by atoms with Crippen LogP contribution in [0, 0.1) is 0 Å². The predicted octanol–water partition coefficient (Wildman–Crippen LogP) is 4.71. The fraction of sp³-hybridized carbons (Fsp3) is 1.00. The van der Waals surface area contributed by atoms with Crippen LogP contribution in [0.2, 0.25) is 0 Å². The van der Waals surface area contributed by atoms with Gasteiger partial charge in [0.05, 0.1) is 11.4 Å². The minimum atomic E-state index is -3.91. The first kappa shape index (κ1) is 21.9. The van der Waals surface area contributed by atoms with Gasteiger partial charge in [-0.25, -0.2) is 0 Å². The summed E-state index contributed by atoms with van der Waals surface area (Å²) < 4.78 is 32.0. The van der Waals surface area contributed by atoms with E-state index in [4.69, 9.17) is 0 Å². The molecule has 0 aliphatic heterocycles. The van der Waals surface area contributed by atoms with Gasteiger partial charge in [-0.3, -0.25) is 4.55 Å². The van der Waals surface area contributed by atoms with E-state index in [1.165, 1.54) is 12.8 Å². The highest BCUT2D eigenvalue weighted by Crippen LogP contribution is 2.18. The highest BCUT2D eigenvalue weighted by atomic mass is 32.2. The van der Waals surface area contributed by atoms with Gasteiger partial charge in [-0.1, -0.05) is 71.6 Å². The zero-order chi connectivity index (χ0) is 16.8. The third-order valence-electron chi connectivity index (χ3n) is 4.26. The molecule has 22 heavy (non-hydrogen) atoms. The summed E-state index contributed by atoms with van der Waals surface area (Å²) in [5.74, 6) is 0. The Kier molecular flexibility index (Phi) is 13.2. The van der Waals surface area contributed by atoms with Crippen LogP contribution in [-0.4, -0.2) is 29.4 Å². The normalized spacial score (nSPS) is 14.9. The summed E-state index contributed by atoms with van der Waals surface area (Å²) in [7, 11) is -3.91. The Bertz CT molecular complexity index is 341. The van der Waals surface area contributed by atoms with E-state index in [2.05, 4.69) is 13.8 Å². The standard InChI is InChI=1S/C17H36O4S/c1-3-5-8-12-16(18)13-10-7-11-15-17(22(19,20)21)14-9-6-4-2/h16-18H,3-15H2,1-2H3,(H,19,20,21). The minimum absolute atomic E-state index is 0.214. The van der Waals surface area contributed by atoms with Crippen LogP contribution in [0.4, 0.5) is 0 Å². The molecule has 0 rings (SSSR count). The number of unbranched alkanes of at least 4 members (excludes halogenated alkanes) is 6. The molecule has 0 amide bonds. The molecule has 0 bridgehead atoms. The van der Waals surface area contributed by atoms with E-state index in [1.54, 1.807) is 0 Å². The van der Waals surface area contributed by atoms with Gasteiger partial charge in [0, 0.05) is 0 Å². The maximum atomic E-state index is 11.4. The van der Waals surface area contributed by atoms with Gasteiger partial charge in [-0.15, -0.1) is 0 Å². The molecule has 2 atom stereocenters. The van der Waals surface area contributed by atoms with Crippen LogP contribution < -0.4 is 0 Å². The van der Waals surface area contributed by atoms with Gasteiger partial charge in [0.1, 0.15) is 0 Å². The van der Waals surface area contributed by atoms with Crippen LogP contribution in [0.25, 0.3) is 0 Å². The molecule has 2 N–H and O–H groups in total. The highest BCUT2D eigenvalue weighted by Gasteiger charge is 2.21. The van der Waals surface area contributed by atoms with Gasteiger partial charge in [-0.2, -0.15) is 8.42 Å². The molecule has 0 aromatic rings. The second kappa shape index (κ2) is 13.3. The second-order valence-electron chi connectivity index (χ2n) is 6.42. The molecule has 2 unspecified atom stereocenters. The largest absolute Gasteiger partial charge is 0.393 e. The molecule has 0 saturated carbocycles. The van der Waals surface area contributed by atoms with Crippen molar-refractivity contribution in [2.24, 2.45) is 0 Å². The van der Waals surface area contributed by atoms with Gasteiger partial charge < -0.3 is 5.11 Å². The predicted molar refractivity (Wildman–Crippen MR) is 92.7 cm³/mol. The van der Waals surface area contributed by atoms with E-state index >= 15 is 0 Å². The minimum Gasteiger partial charge on any atom is -0.393 e. The summed E-state index contributed by atoms with van der Waals surface area (Å²) in [6.45, 7) is 4.23. The van der Waals surface area contributed by atoms with Gasteiger partial charge in [-0.05, 0) is 25.7 Å². The highest BCUT2D eigenvalue weighted by molar-refractivity contribution is 7.86. The smallest absolute Gasteiger partial charge is 0.267 e. The summed E-state index contributed by atoms with van der Waals surface area (Å²) in [6, 6.07) is 0. The van der Waals surface area contributed by atoms with Crippen molar-refractivity contribution in [2.45, 2.75) is 109 Å². The van der Waals surface area contributed by atoms with Gasteiger partial charge >= 0.3 is 0 Å². The molecular formula is C17H36O4S. The molecule has 4 nitrogen and oxygen atoms in total. The molecular weight excluding hydrogens is 300 g/mol. The van der Waals surface area contributed by atoms with E-state index < -0.39 is 15.4 Å². The van der Waals surface area contributed by atoms with Gasteiger partial charge in [0.25, 0.3) is 10.1 Å². The van der Waals surface area contributed by atoms with Gasteiger partial charge in [0.2, 0.25) is 0 Å². The van der Waals surface area contributed by atoms with Crippen molar-refractivity contribution in [3.63, 3.8) is 0 Å². The van der Waals surface area contributed by atoms with Crippen molar-refractivity contribution in [3.05, 3.63) is 0 Å². The first-order valence-electron chi connectivity index (χ1n) is 9.06. The molecule has 0 aliphatic rings. The zero-order valence-corrected chi connectivity index (χ0v) is 15.3. The Hall–Kier alpha value is -0.130. The monoisotopic (exact) mass is 336 g/mol. The van der Waals surface area contributed by atoms with Crippen LogP contribution in [0.15, 0.2) is 0 Å². The number of rotatable bonds is 15. The van der Waals surface area contributed by atoms with Crippen LogP contribution >= 0.6 is 0 Å². The number of hydrogen-bond donors (Lipinski definition) is 2. The van der Waals surface area contributed by atoms with E-state index in [0.717, 1.165) is 57.8 Å². The molecule has 134 valence electrons. The van der Waals surface area contributed by atoms with Crippen molar-refractivity contribution in [1.29, 1.82) is 0 Å². The molecule has 0 fully saturated rings. The van der Waals surface area contributed by atoms with E-state index in [0.29, 0.717) is 12.8 Å². The topological polar surface area (TPSA) is 74.6 Å². The van der Waals surface area contributed by atoms with Crippen LogP contribution in [0.5, 0.6) is 0 Å². The van der Waals surface area contributed by atoms with Crippen LogP contribution in [-0.2, 0) is 10.1 Å². The summed E-state index contributed by atoms with van der Waals surface area (Å²) in [5, 5.41) is 9.22. The van der Waals surface area contributed by atoms with E-state index in [-0.39, 0.29) is 6.10 Å². The number of aliphatic hydroxyl groups is 1. The first-order chi connectivity index (χ1) is 10.4. The molecule has 0 heterocycles. The summed E-state index contributed by atoms with van der Waals surface area (Å²) >= 11 is 0. The maximum absolute atomic E-state index is 11.4. The lowest BCUT2D eigenvalue weighted by molar-refractivity contribution is 0.147. The Morgan fingerprint density at radius 2 is 1.14 bits per heavy atom. The first-order valence-corrected chi connectivity index (χ1v) is 10.6. The molecule has 0 aromatic carbocycles. The van der Waals surface area contributed by atoms with Crippen molar-refractivity contribution < 1.29 is 18.1 Å². The molecule has 5 heteroatoms. The van der Waals surface area contributed by atoms with E-state index in [1.807, 2.05) is 0 Å². The van der Waals surface area contributed by atoms with Crippen molar-refractivity contribution >= 4 is 10.1 Å². The summed E-state index contributed by atoms with van der Waals surface area (Å²) in [4.78, 5) is 0. The lowest BCUT2D eigenvalue weighted by Crippen LogP contribution is -2.20. The molecule has 0 spiro atoms. The molecule has 0 saturated heterocycles.